The number of rotatable bonds is 9. The number of hydrogen-bond donors (Lipinski definition) is 3. The third kappa shape index (κ3) is 6.12. The van der Waals surface area contributed by atoms with Crippen molar-refractivity contribution in [2.75, 3.05) is 14.2 Å². The maximum Gasteiger partial charge on any atom is 0.338 e. The van der Waals surface area contributed by atoms with Crippen LogP contribution in [0.15, 0.2) is 24.8 Å². The van der Waals surface area contributed by atoms with Gasteiger partial charge in [-0.25, -0.2) is 9.78 Å². The van der Waals surface area contributed by atoms with Crippen molar-refractivity contribution in [3.8, 4) is 0 Å². The summed E-state index contributed by atoms with van der Waals surface area (Å²) in [5, 5.41) is 10.5. The summed E-state index contributed by atoms with van der Waals surface area (Å²) < 4.78 is 9.98. The van der Waals surface area contributed by atoms with Gasteiger partial charge in [-0.3, -0.25) is 14.6 Å². The van der Waals surface area contributed by atoms with Crippen LogP contribution in [-0.2, 0) is 25.5 Å². The first-order valence-corrected chi connectivity index (χ1v) is 15.9. The lowest BCUT2D eigenvalue weighted by molar-refractivity contribution is -0.141. The van der Waals surface area contributed by atoms with Crippen molar-refractivity contribution in [2.24, 2.45) is 0 Å². The highest BCUT2D eigenvalue weighted by Gasteiger charge is 2.33. The van der Waals surface area contributed by atoms with E-state index in [4.69, 9.17) is 19.4 Å². The Morgan fingerprint density at radius 3 is 2.28 bits per heavy atom. The van der Waals surface area contributed by atoms with Crippen LogP contribution in [-0.4, -0.2) is 57.2 Å². The summed E-state index contributed by atoms with van der Waals surface area (Å²) in [6.07, 6.45) is 3.69. The van der Waals surface area contributed by atoms with Crippen molar-refractivity contribution in [1.29, 1.82) is 0 Å². The molecule has 246 valence electrons. The number of carbonyl (C=O) groups is 3. The first-order chi connectivity index (χ1) is 22.4. The van der Waals surface area contributed by atoms with Gasteiger partial charge in [0.25, 0.3) is 0 Å². The van der Waals surface area contributed by atoms with Gasteiger partial charge in [0.15, 0.2) is 0 Å². The van der Waals surface area contributed by atoms with Crippen LogP contribution in [0.4, 0.5) is 0 Å². The van der Waals surface area contributed by atoms with Crippen LogP contribution in [0, 0.1) is 13.8 Å². The van der Waals surface area contributed by atoms with E-state index in [1.807, 2.05) is 38.1 Å². The van der Waals surface area contributed by atoms with Crippen molar-refractivity contribution in [3.63, 3.8) is 0 Å². The Labute approximate surface area is 274 Å². The summed E-state index contributed by atoms with van der Waals surface area (Å²) in [6.45, 7) is 14.0. The van der Waals surface area contributed by atoms with Gasteiger partial charge in [0.05, 0.1) is 48.8 Å². The van der Waals surface area contributed by atoms with Crippen molar-refractivity contribution < 1.29 is 29.0 Å². The molecule has 2 aliphatic heterocycles. The van der Waals surface area contributed by atoms with Crippen molar-refractivity contribution >= 4 is 57.2 Å². The standard InChI is InChI=1S/C37H42N4O6/c1-9-22-18(3)26-15-28-20(5)24(12-11-13-32(42)46-7)35(40-28)25(14-33(43)47-8)36-34(37(44)45)21(6)29(41-36)17-31-23(10-2)19(4)27(39-31)16-30(22)38-26/h9,15-17,20,24,38,41H,1,10-14H2,2-8H3,(H,44,45)/t20-,24-/m0/s1. The topological polar surface area (TPSA) is 147 Å². The molecule has 0 aromatic carbocycles. The lowest BCUT2D eigenvalue weighted by Gasteiger charge is -2.18. The number of H-pyrrole nitrogens is 2. The fourth-order valence-electron chi connectivity index (χ4n) is 6.88. The van der Waals surface area contributed by atoms with E-state index in [1.54, 1.807) is 6.92 Å². The second-order valence-corrected chi connectivity index (χ2v) is 12.2. The van der Waals surface area contributed by atoms with Gasteiger partial charge in [-0.15, -0.1) is 0 Å². The highest BCUT2D eigenvalue weighted by atomic mass is 16.5. The van der Waals surface area contributed by atoms with Crippen LogP contribution in [0.3, 0.4) is 0 Å². The van der Waals surface area contributed by atoms with Crippen molar-refractivity contribution in [1.82, 2.24) is 19.9 Å². The summed E-state index contributed by atoms with van der Waals surface area (Å²) >= 11 is 0. The van der Waals surface area contributed by atoms with Gasteiger partial charge in [0, 0.05) is 51.6 Å². The van der Waals surface area contributed by atoms with E-state index < -0.39 is 11.9 Å². The molecule has 0 saturated carbocycles. The van der Waals surface area contributed by atoms with Crippen LogP contribution >= 0.6 is 0 Å². The number of aromatic carboxylic acids is 1. The Kier molecular flexibility index (Phi) is 9.51. The number of nitrogens with zero attached hydrogens (tertiary/aromatic N) is 2. The van der Waals surface area contributed by atoms with E-state index in [2.05, 4.69) is 30.4 Å². The van der Waals surface area contributed by atoms with Crippen LogP contribution < -0.4 is 0 Å². The molecule has 3 aromatic rings. The highest BCUT2D eigenvalue weighted by molar-refractivity contribution is 6.03. The van der Waals surface area contributed by atoms with Crippen LogP contribution in [0.5, 0.6) is 0 Å². The summed E-state index contributed by atoms with van der Waals surface area (Å²) in [5.41, 5.74) is 10.7. The van der Waals surface area contributed by atoms with Gasteiger partial charge in [0.2, 0.25) is 0 Å². The van der Waals surface area contributed by atoms with Gasteiger partial charge in [-0.2, -0.15) is 0 Å². The van der Waals surface area contributed by atoms with Gasteiger partial charge in [-0.05, 0) is 80.5 Å². The van der Waals surface area contributed by atoms with Gasteiger partial charge < -0.3 is 24.5 Å². The first kappa shape index (κ1) is 33.4. The molecular weight excluding hydrogens is 596 g/mol. The predicted molar refractivity (Wildman–Crippen MR) is 183 cm³/mol. The smallest absolute Gasteiger partial charge is 0.338 e. The van der Waals surface area contributed by atoms with Crippen LogP contribution in [0.2, 0.25) is 0 Å². The highest BCUT2D eigenvalue weighted by Crippen LogP contribution is 2.43. The summed E-state index contributed by atoms with van der Waals surface area (Å²) in [4.78, 5) is 55.0. The van der Waals surface area contributed by atoms with Crippen LogP contribution in [0.1, 0.15) is 114 Å². The molecule has 0 saturated heterocycles. The second kappa shape index (κ2) is 13.4. The number of aryl methyl sites for hydroxylation is 2. The summed E-state index contributed by atoms with van der Waals surface area (Å²) in [5.74, 6) is -2.28. The first-order valence-electron chi connectivity index (χ1n) is 15.9. The number of fused-ring (bicyclic) bond motifs is 8. The zero-order valence-electron chi connectivity index (χ0n) is 28.1. The molecule has 5 heterocycles. The van der Waals surface area contributed by atoms with E-state index in [1.165, 1.54) is 14.2 Å². The fraction of sp³-hybridized carbons (Fsp3) is 0.378. The quantitative estimate of drug-likeness (QED) is 0.204. The number of allylic oxidation sites excluding steroid dienone is 2. The molecule has 2 aliphatic rings. The number of nitrogens with one attached hydrogen (secondary N) is 2. The van der Waals surface area contributed by atoms with E-state index in [0.29, 0.717) is 40.7 Å². The number of aromatic nitrogens is 4. The molecule has 0 aliphatic carbocycles. The zero-order valence-corrected chi connectivity index (χ0v) is 28.1. The molecule has 3 N–H and O–H groups in total. The number of aromatic amines is 2. The van der Waals surface area contributed by atoms with E-state index in [0.717, 1.165) is 56.8 Å². The molecule has 5 rings (SSSR count). The molecule has 10 heteroatoms. The Bertz CT molecular complexity index is 2000. The third-order valence-electron chi connectivity index (χ3n) is 9.62. The number of methoxy groups -OCH3 is 2. The molecule has 2 atom stereocenters. The van der Waals surface area contributed by atoms with Crippen molar-refractivity contribution in [3.05, 3.63) is 75.4 Å². The normalized spacial score (nSPS) is 15.9. The summed E-state index contributed by atoms with van der Waals surface area (Å²) in [7, 11) is 2.67. The monoisotopic (exact) mass is 638 g/mol. The molecular formula is C37H42N4O6. The van der Waals surface area contributed by atoms with Gasteiger partial charge in [0.1, 0.15) is 0 Å². The molecule has 0 amide bonds. The molecule has 0 fully saturated rings. The Morgan fingerprint density at radius 2 is 1.64 bits per heavy atom. The maximum atomic E-state index is 13.0. The minimum Gasteiger partial charge on any atom is -0.478 e. The Morgan fingerprint density at radius 1 is 0.957 bits per heavy atom. The average Bonchev–Trinajstić information content (AvgIpc) is 3.72. The lowest BCUT2D eigenvalue weighted by Crippen LogP contribution is -2.12. The van der Waals surface area contributed by atoms with E-state index >= 15 is 0 Å². The molecule has 8 bridgehead atoms. The Balaban J connectivity index is 1.98. The van der Waals surface area contributed by atoms with E-state index in [9.17, 15) is 19.5 Å². The molecule has 47 heavy (non-hydrogen) atoms. The van der Waals surface area contributed by atoms with Crippen molar-refractivity contribution in [2.45, 2.75) is 78.6 Å². The minimum atomic E-state index is -1.12. The number of carboxylic acid groups (broad SMARTS) is 1. The lowest BCUT2D eigenvalue weighted by atomic mass is 9.84. The Hall–Kier alpha value is -4.99. The molecule has 0 spiro atoms. The molecule has 3 aromatic heterocycles. The molecule has 0 unspecified atom stereocenters. The zero-order chi connectivity index (χ0) is 34.2. The SMILES string of the molecule is C=Cc1c(C)c2cc3nc(c(CC(=O)OC)c4[nH]c(cc5nc(cc1[nH]2)C(C)=C5CC)c(C)c4C(=O)O)[C@@H](CCCC(=O)OC)[C@@H]3C. The number of carbonyl (C=O) groups excluding carboxylic acids is 2. The van der Waals surface area contributed by atoms with Gasteiger partial charge in [-0.1, -0.05) is 26.5 Å². The maximum absolute atomic E-state index is 13.0. The number of ether oxygens (including phenoxy) is 2. The third-order valence-corrected chi connectivity index (χ3v) is 9.62. The number of esters is 2. The minimum absolute atomic E-state index is 0.0636. The largest absolute Gasteiger partial charge is 0.478 e. The van der Waals surface area contributed by atoms with E-state index in [-0.39, 0.29) is 36.2 Å². The summed E-state index contributed by atoms with van der Waals surface area (Å²) in [6, 6.07) is 5.93. The van der Waals surface area contributed by atoms with Crippen LogP contribution in [0.25, 0.3) is 39.3 Å². The molecule has 10 nitrogen and oxygen atoms in total. The molecule has 0 radical (unpaired) electrons. The second-order valence-electron chi connectivity index (χ2n) is 12.2. The predicted octanol–water partition coefficient (Wildman–Crippen LogP) is 7.56. The average molecular weight is 639 g/mol. The fourth-order valence-corrected chi connectivity index (χ4v) is 6.88. The number of hydrogen-bond acceptors (Lipinski definition) is 7. The van der Waals surface area contributed by atoms with Gasteiger partial charge >= 0.3 is 17.9 Å². The number of carboxylic acids is 1.